The molecule has 0 aromatic heterocycles. The van der Waals surface area contributed by atoms with Crippen LogP contribution in [0.25, 0.3) is 0 Å². The third-order valence-corrected chi connectivity index (χ3v) is 4.12. The predicted octanol–water partition coefficient (Wildman–Crippen LogP) is 3.52. The normalized spacial score (nSPS) is 11.3. The summed E-state index contributed by atoms with van der Waals surface area (Å²) >= 11 is 11.6. The summed E-state index contributed by atoms with van der Waals surface area (Å²) in [5.74, 6) is -0.741. The Bertz CT molecular complexity index is 726. The van der Waals surface area contributed by atoms with Gasteiger partial charge >= 0.3 is 0 Å². The van der Waals surface area contributed by atoms with Crippen LogP contribution in [-0.2, 0) is 10.0 Å². The lowest BCUT2D eigenvalue weighted by Crippen LogP contribution is -2.13. The predicted molar refractivity (Wildman–Crippen MR) is 78.1 cm³/mol. The molecule has 8 heteroatoms. The van der Waals surface area contributed by atoms with E-state index in [9.17, 15) is 12.8 Å². The molecule has 0 unspecified atom stereocenters. The molecule has 106 valence electrons. The first-order valence-electron chi connectivity index (χ1n) is 5.31. The molecule has 0 bridgehead atoms. The second-order valence-electron chi connectivity index (χ2n) is 3.98. The van der Waals surface area contributed by atoms with Gasteiger partial charge in [0, 0.05) is 15.7 Å². The topological polar surface area (TPSA) is 72.2 Å². The van der Waals surface area contributed by atoms with Crippen molar-refractivity contribution in [3.05, 3.63) is 52.3 Å². The van der Waals surface area contributed by atoms with Crippen molar-refractivity contribution in [1.29, 1.82) is 0 Å². The highest BCUT2D eigenvalue weighted by Gasteiger charge is 2.16. The molecule has 0 atom stereocenters. The highest BCUT2D eigenvalue weighted by molar-refractivity contribution is 7.92. The van der Waals surface area contributed by atoms with E-state index in [0.29, 0.717) is 0 Å². The lowest BCUT2D eigenvalue weighted by atomic mass is 10.3. The summed E-state index contributed by atoms with van der Waals surface area (Å²) in [7, 11) is -3.98. The molecule has 0 fully saturated rings. The van der Waals surface area contributed by atoms with Gasteiger partial charge in [0.05, 0.1) is 10.6 Å². The van der Waals surface area contributed by atoms with Crippen LogP contribution in [0.3, 0.4) is 0 Å². The minimum atomic E-state index is -3.98. The number of benzene rings is 2. The van der Waals surface area contributed by atoms with Gasteiger partial charge in [-0.2, -0.15) is 0 Å². The van der Waals surface area contributed by atoms with Gasteiger partial charge in [0.25, 0.3) is 10.0 Å². The molecule has 2 rings (SSSR count). The van der Waals surface area contributed by atoms with Crippen LogP contribution < -0.4 is 10.5 Å². The average molecular weight is 335 g/mol. The van der Waals surface area contributed by atoms with Gasteiger partial charge < -0.3 is 5.73 Å². The number of rotatable bonds is 3. The van der Waals surface area contributed by atoms with Crippen molar-refractivity contribution in [3.63, 3.8) is 0 Å². The molecule has 20 heavy (non-hydrogen) atoms. The van der Waals surface area contributed by atoms with E-state index in [0.717, 1.165) is 18.2 Å². The minimum absolute atomic E-state index is 0.00880. The summed E-state index contributed by atoms with van der Waals surface area (Å²) in [6, 6.07) is 7.26. The van der Waals surface area contributed by atoms with Gasteiger partial charge in [-0.3, -0.25) is 4.72 Å². The zero-order chi connectivity index (χ0) is 14.9. The largest absolute Gasteiger partial charge is 0.399 e. The van der Waals surface area contributed by atoms with Crippen molar-refractivity contribution in [3.8, 4) is 0 Å². The van der Waals surface area contributed by atoms with Gasteiger partial charge in [-0.15, -0.1) is 0 Å². The molecule has 2 aromatic carbocycles. The molecule has 0 heterocycles. The maximum Gasteiger partial charge on any atom is 0.262 e. The Hall–Kier alpha value is -1.50. The number of nitrogens with two attached hydrogens (primary N) is 1. The number of nitrogens with one attached hydrogen (secondary N) is 1. The van der Waals surface area contributed by atoms with Crippen molar-refractivity contribution in [2.75, 3.05) is 10.5 Å². The van der Waals surface area contributed by atoms with Gasteiger partial charge in [-0.25, -0.2) is 12.8 Å². The second kappa shape index (κ2) is 5.47. The molecule has 0 spiro atoms. The second-order valence-corrected chi connectivity index (χ2v) is 6.54. The molecule has 0 aliphatic carbocycles. The van der Waals surface area contributed by atoms with E-state index >= 15 is 0 Å². The third kappa shape index (κ3) is 3.53. The Morgan fingerprint density at radius 2 is 1.60 bits per heavy atom. The summed E-state index contributed by atoms with van der Waals surface area (Å²) in [5, 5.41) is 0.544. The first kappa shape index (κ1) is 14.9. The van der Waals surface area contributed by atoms with Crippen molar-refractivity contribution in [1.82, 2.24) is 0 Å². The van der Waals surface area contributed by atoms with E-state index < -0.39 is 15.8 Å². The van der Waals surface area contributed by atoms with E-state index in [2.05, 4.69) is 4.72 Å². The van der Waals surface area contributed by atoms with E-state index in [1.165, 1.54) is 18.2 Å². The fraction of sp³-hybridized carbons (Fsp3) is 0. The molecule has 4 nitrogen and oxygen atoms in total. The van der Waals surface area contributed by atoms with Crippen LogP contribution in [0.5, 0.6) is 0 Å². The quantitative estimate of drug-likeness (QED) is 0.843. The van der Waals surface area contributed by atoms with Crippen LogP contribution in [0, 0.1) is 5.82 Å². The molecule has 0 radical (unpaired) electrons. The van der Waals surface area contributed by atoms with Crippen LogP contribution in [0.1, 0.15) is 0 Å². The fourth-order valence-corrected chi connectivity index (χ4v) is 3.20. The number of hydrogen-bond donors (Lipinski definition) is 2. The Morgan fingerprint density at radius 3 is 2.15 bits per heavy atom. The molecule has 2 aromatic rings. The van der Waals surface area contributed by atoms with Gasteiger partial charge in [0.15, 0.2) is 0 Å². The molecule has 0 saturated carbocycles. The summed E-state index contributed by atoms with van der Waals surface area (Å²) in [5.41, 5.74) is 5.60. The summed E-state index contributed by atoms with van der Waals surface area (Å²) < 4.78 is 39.7. The third-order valence-electron chi connectivity index (χ3n) is 2.32. The van der Waals surface area contributed by atoms with E-state index in [1.807, 2.05) is 0 Å². The monoisotopic (exact) mass is 334 g/mol. The fourth-order valence-electron chi connectivity index (χ4n) is 1.57. The zero-order valence-corrected chi connectivity index (χ0v) is 12.2. The molecule has 0 saturated heterocycles. The lowest BCUT2D eigenvalue weighted by molar-refractivity contribution is 0.595. The van der Waals surface area contributed by atoms with Crippen LogP contribution in [0.2, 0.25) is 10.0 Å². The number of nitrogen functional groups attached to an aromatic ring is 1. The summed E-state index contributed by atoms with van der Waals surface area (Å²) in [6.07, 6.45) is 0. The van der Waals surface area contributed by atoms with E-state index in [-0.39, 0.29) is 26.3 Å². The Balaban J connectivity index is 2.40. The zero-order valence-electron chi connectivity index (χ0n) is 9.90. The van der Waals surface area contributed by atoms with Gasteiger partial charge in [-0.05, 0) is 36.4 Å². The number of anilines is 2. The summed E-state index contributed by atoms with van der Waals surface area (Å²) in [4.78, 5) is -0.286. The van der Waals surface area contributed by atoms with Gasteiger partial charge in [-0.1, -0.05) is 23.2 Å². The van der Waals surface area contributed by atoms with Gasteiger partial charge in [0.2, 0.25) is 0 Å². The molecule has 0 aliphatic heterocycles. The summed E-state index contributed by atoms with van der Waals surface area (Å²) in [6.45, 7) is 0. The van der Waals surface area contributed by atoms with Crippen molar-refractivity contribution >= 4 is 44.6 Å². The van der Waals surface area contributed by atoms with Crippen LogP contribution in [0.15, 0.2) is 41.3 Å². The Labute approximate surface area is 125 Å². The Morgan fingerprint density at radius 1 is 1.00 bits per heavy atom. The van der Waals surface area contributed by atoms with Gasteiger partial charge in [0.1, 0.15) is 5.82 Å². The number of halogens is 3. The smallest absolute Gasteiger partial charge is 0.262 e. The molecular weight excluding hydrogens is 326 g/mol. The van der Waals surface area contributed by atoms with Crippen LogP contribution >= 0.6 is 23.2 Å². The highest BCUT2D eigenvalue weighted by atomic mass is 35.5. The van der Waals surface area contributed by atoms with E-state index in [1.54, 1.807) is 0 Å². The van der Waals surface area contributed by atoms with Crippen molar-refractivity contribution in [2.45, 2.75) is 4.90 Å². The maximum atomic E-state index is 13.2. The molecule has 3 N–H and O–H groups in total. The van der Waals surface area contributed by atoms with Crippen LogP contribution in [0.4, 0.5) is 15.8 Å². The lowest BCUT2D eigenvalue weighted by Gasteiger charge is -2.09. The first-order chi connectivity index (χ1) is 9.26. The molecule has 0 aliphatic rings. The van der Waals surface area contributed by atoms with Crippen LogP contribution in [-0.4, -0.2) is 8.42 Å². The minimum Gasteiger partial charge on any atom is -0.399 e. The molecular formula is C12H9Cl2FN2O2S. The first-order valence-corrected chi connectivity index (χ1v) is 7.55. The van der Waals surface area contributed by atoms with Crippen molar-refractivity contribution in [2.24, 2.45) is 0 Å². The average Bonchev–Trinajstić information content (AvgIpc) is 2.25. The van der Waals surface area contributed by atoms with Crippen molar-refractivity contribution < 1.29 is 12.8 Å². The standard InChI is InChI=1S/C12H9Cl2FN2O2S/c13-7-1-8(14)3-11(2-7)17-20(18,19)12-5-9(15)4-10(16)6-12/h1-6,17H,16H2. The highest BCUT2D eigenvalue weighted by Crippen LogP contribution is 2.25. The Kier molecular flexibility index (Phi) is 4.08. The number of hydrogen-bond acceptors (Lipinski definition) is 3. The van der Waals surface area contributed by atoms with E-state index in [4.69, 9.17) is 28.9 Å². The SMILES string of the molecule is Nc1cc(F)cc(S(=O)(=O)Nc2cc(Cl)cc(Cl)c2)c1. The maximum absolute atomic E-state index is 13.2. The molecule has 0 amide bonds. The number of sulfonamides is 1.